The zero-order valence-corrected chi connectivity index (χ0v) is 15.0. The van der Waals surface area contributed by atoms with E-state index in [1.54, 1.807) is 6.92 Å². The lowest BCUT2D eigenvalue weighted by Crippen LogP contribution is -2.18. The van der Waals surface area contributed by atoms with E-state index in [-0.39, 0.29) is 24.0 Å². The van der Waals surface area contributed by atoms with Crippen LogP contribution in [0.25, 0.3) is 0 Å². The molecule has 6 heteroatoms. The Morgan fingerprint density at radius 3 is 2.71 bits per heavy atom. The molecule has 1 atom stereocenters. The Morgan fingerprint density at radius 2 is 2.04 bits per heavy atom. The quantitative estimate of drug-likeness (QED) is 0.865. The van der Waals surface area contributed by atoms with Crippen molar-refractivity contribution in [2.45, 2.75) is 39.8 Å². The second-order valence-electron chi connectivity index (χ2n) is 6.67. The molecule has 0 saturated carbocycles. The van der Waals surface area contributed by atoms with E-state index in [2.05, 4.69) is 23.3 Å². The van der Waals surface area contributed by atoms with Gasteiger partial charge in [-0.2, -0.15) is 5.10 Å². The molecule has 1 aromatic carbocycles. The number of sulfone groups is 1. The Bertz CT molecular complexity index is 840. The second kappa shape index (κ2) is 6.69. The van der Waals surface area contributed by atoms with Crippen LogP contribution in [0.1, 0.15) is 34.9 Å². The van der Waals surface area contributed by atoms with Gasteiger partial charge in [-0.05, 0) is 42.4 Å². The molecule has 1 aromatic heterocycles. The molecule has 1 aliphatic rings. The summed E-state index contributed by atoms with van der Waals surface area (Å²) in [5.74, 6) is 0.705. The van der Waals surface area contributed by atoms with Crippen LogP contribution in [0.4, 0.5) is 0 Å². The van der Waals surface area contributed by atoms with Crippen LogP contribution in [-0.2, 0) is 35.8 Å². The van der Waals surface area contributed by atoms with Crippen LogP contribution in [0, 0.1) is 12.8 Å². The summed E-state index contributed by atoms with van der Waals surface area (Å²) in [6.07, 6.45) is 3.56. The first-order chi connectivity index (χ1) is 11.4. The van der Waals surface area contributed by atoms with Gasteiger partial charge in [0.05, 0.1) is 24.6 Å². The normalized spacial score (nSPS) is 17.2. The maximum absolute atomic E-state index is 11.8. The zero-order valence-electron chi connectivity index (χ0n) is 14.2. The molecular formula is C18H24N2O3S. The maximum Gasteiger partial charge on any atom is 0.150 e. The molecule has 130 valence electrons. The van der Waals surface area contributed by atoms with Gasteiger partial charge in [0.2, 0.25) is 0 Å². The summed E-state index contributed by atoms with van der Waals surface area (Å²) in [6, 6.07) is 6.38. The van der Waals surface area contributed by atoms with Crippen LogP contribution in [0.2, 0.25) is 0 Å². The van der Waals surface area contributed by atoms with E-state index in [0.717, 1.165) is 29.7 Å². The molecule has 1 aliphatic carbocycles. The third-order valence-electron chi connectivity index (χ3n) is 4.78. The molecule has 0 saturated heterocycles. The molecule has 5 nitrogen and oxygen atoms in total. The molecule has 0 bridgehead atoms. The average Bonchev–Trinajstić information content (AvgIpc) is 3.08. The maximum atomic E-state index is 11.8. The van der Waals surface area contributed by atoms with Gasteiger partial charge in [-0.15, -0.1) is 0 Å². The van der Waals surface area contributed by atoms with Crippen molar-refractivity contribution in [1.82, 2.24) is 9.78 Å². The van der Waals surface area contributed by atoms with Crippen LogP contribution in [-0.4, -0.2) is 34.8 Å². The first-order valence-electron chi connectivity index (χ1n) is 8.35. The molecule has 0 unspecified atom stereocenters. The SMILES string of the molecule is CCS(=O)(=O)C[C@H]1Cc2ccc(Cn3cc(CO)c(C)n3)cc2C1. The molecule has 0 amide bonds. The van der Waals surface area contributed by atoms with Crippen molar-refractivity contribution < 1.29 is 13.5 Å². The average molecular weight is 348 g/mol. The van der Waals surface area contributed by atoms with Crippen LogP contribution in [0.3, 0.4) is 0 Å². The minimum absolute atomic E-state index is 0.00358. The molecule has 3 rings (SSSR count). The molecule has 0 radical (unpaired) electrons. The Balaban J connectivity index is 1.72. The largest absolute Gasteiger partial charge is 0.392 e. The fraction of sp³-hybridized carbons (Fsp3) is 0.500. The van der Waals surface area contributed by atoms with Crippen molar-refractivity contribution in [2.24, 2.45) is 5.92 Å². The highest BCUT2D eigenvalue weighted by Crippen LogP contribution is 2.29. The Kier molecular flexibility index (Phi) is 4.78. The molecular weight excluding hydrogens is 324 g/mol. The second-order valence-corrected chi connectivity index (χ2v) is 9.07. The predicted octanol–water partition coefficient (Wildman–Crippen LogP) is 1.88. The first-order valence-corrected chi connectivity index (χ1v) is 10.2. The number of aromatic nitrogens is 2. The predicted molar refractivity (Wildman–Crippen MR) is 93.7 cm³/mol. The topological polar surface area (TPSA) is 72.2 Å². The summed E-state index contributed by atoms with van der Waals surface area (Å²) in [5, 5.41) is 13.7. The summed E-state index contributed by atoms with van der Waals surface area (Å²) in [4.78, 5) is 0. The van der Waals surface area contributed by atoms with Crippen LogP contribution in [0.15, 0.2) is 24.4 Å². The van der Waals surface area contributed by atoms with Gasteiger partial charge in [-0.1, -0.05) is 25.1 Å². The number of hydrogen-bond acceptors (Lipinski definition) is 4. The highest BCUT2D eigenvalue weighted by molar-refractivity contribution is 7.91. The minimum atomic E-state index is -2.92. The number of aliphatic hydroxyl groups excluding tert-OH is 1. The van der Waals surface area contributed by atoms with Crippen LogP contribution < -0.4 is 0 Å². The van der Waals surface area contributed by atoms with E-state index in [9.17, 15) is 13.5 Å². The van der Waals surface area contributed by atoms with Crippen molar-refractivity contribution in [3.63, 3.8) is 0 Å². The van der Waals surface area contributed by atoms with E-state index in [4.69, 9.17) is 0 Å². The summed E-state index contributed by atoms with van der Waals surface area (Å²) in [5.41, 5.74) is 5.38. The summed E-state index contributed by atoms with van der Waals surface area (Å²) in [6.45, 7) is 4.27. The van der Waals surface area contributed by atoms with E-state index in [1.807, 2.05) is 17.8 Å². The standard InChI is InChI=1S/C18H24N2O3S/c1-3-24(22,23)12-15-7-16-5-4-14(6-17(16)8-15)9-20-10-18(11-21)13(2)19-20/h4-6,10,15,21H,3,7-9,11-12H2,1-2H3/t15-/m0/s1. The number of aryl methyl sites for hydroxylation is 1. The fourth-order valence-electron chi connectivity index (χ4n) is 3.44. The lowest BCUT2D eigenvalue weighted by molar-refractivity contribution is 0.281. The highest BCUT2D eigenvalue weighted by Gasteiger charge is 2.25. The number of hydrogen-bond donors (Lipinski definition) is 1. The van der Waals surface area contributed by atoms with Crippen molar-refractivity contribution >= 4 is 9.84 Å². The van der Waals surface area contributed by atoms with Gasteiger partial charge in [0.15, 0.2) is 0 Å². The molecule has 0 spiro atoms. The van der Waals surface area contributed by atoms with Gasteiger partial charge >= 0.3 is 0 Å². The van der Waals surface area contributed by atoms with E-state index in [1.165, 1.54) is 11.1 Å². The van der Waals surface area contributed by atoms with Crippen molar-refractivity contribution in [3.05, 3.63) is 52.3 Å². The highest BCUT2D eigenvalue weighted by atomic mass is 32.2. The molecule has 0 aliphatic heterocycles. The van der Waals surface area contributed by atoms with Crippen LogP contribution >= 0.6 is 0 Å². The van der Waals surface area contributed by atoms with E-state index in [0.29, 0.717) is 6.54 Å². The molecule has 1 heterocycles. The third kappa shape index (κ3) is 3.70. The summed E-state index contributed by atoms with van der Waals surface area (Å²) in [7, 11) is -2.92. The van der Waals surface area contributed by atoms with Crippen molar-refractivity contribution in [3.8, 4) is 0 Å². The van der Waals surface area contributed by atoms with Crippen LogP contribution in [0.5, 0.6) is 0 Å². The molecule has 2 aromatic rings. The summed E-state index contributed by atoms with van der Waals surface area (Å²) < 4.78 is 25.5. The van der Waals surface area contributed by atoms with Crippen molar-refractivity contribution in [1.29, 1.82) is 0 Å². The Hall–Kier alpha value is -1.66. The Morgan fingerprint density at radius 1 is 1.29 bits per heavy atom. The lowest BCUT2D eigenvalue weighted by Gasteiger charge is -2.07. The number of fused-ring (bicyclic) bond motifs is 1. The van der Waals surface area contributed by atoms with Gasteiger partial charge in [-0.25, -0.2) is 8.42 Å². The van der Waals surface area contributed by atoms with E-state index >= 15 is 0 Å². The van der Waals surface area contributed by atoms with Gasteiger partial charge in [0.25, 0.3) is 0 Å². The smallest absolute Gasteiger partial charge is 0.150 e. The molecule has 0 fully saturated rings. The third-order valence-corrected chi connectivity index (χ3v) is 6.64. The van der Waals surface area contributed by atoms with E-state index < -0.39 is 9.84 Å². The van der Waals surface area contributed by atoms with Gasteiger partial charge in [0.1, 0.15) is 9.84 Å². The number of benzene rings is 1. The fourth-order valence-corrected chi connectivity index (χ4v) is 4.63. The minimum Gasteiger partial charge on any atom is -0.392 e. The number of aliphatic hydroxyl groups is 1. The lowest BCUT2D eigenvalue weighted by atomic mass is 10.1. The number of nitrogens with zero attached hydrogens (tertiary/aromatic N) is 2. The summed E-state index contributed by atoms with van der Waals surface area (Å²) >= 11 is 0. The number of rotatable bonds is 6. The van der Waals surface area contributed by atoms with Gasteiger partial charge < -0.3 is 5.11 Å². The van der Waals surface area contributed by atoms with Gasteiger partial charge in [0, 0.05) is 17.5 Å². The molecule has 1 N–H and O–H groups in total. The monoisotopic (exact) mass is 348 g/mol. The van der Waals surface area contributed by atoms with Crippen molar-refractivity contribution in [2.75, 3.05) is 11.5 Å². The molecule has 24 heavy (non-hydrogen) atoms. The first kappa shape index (κ1) is 17.2. The Labute approximate surface area is 143 Å². The zero-order chi connectivity index (χ0) is 17.3. The van der Waals surface area contributed by atoms with Gasteiger partial charge in [-0.3, -0.25) is 4.68 Å².